The molecule has 3 amide bonds. The summed E-state index contributed by atoms with van der Waals surface area (Å²) in [6, 6.07) is 12.9. The summed E-state index contributed by atoms with van der Waals surface area (Å²) in [6.07, 6.45) is 1.58. The predicted octanol–water partition coefficient (Wildman–Crippen LogP) is 2.80. The van der Waals surface area contributed by atoms with Crippen LogP contribution in [-0.2, 0) is 14.4 Å². The molecule has 2 atom stereocenters. The highest BCUT2D eigenvalue weighted by molar-refractivity contribution is 7.10. The summed E-state index contributed by atoms with van der Waals surface area (Å²) in [5.41, 5.74) is 0.961. The highest BCUT2D eigenvalue weighted by Crippen LogP contribution is 2.23. The van der Waals surface area contributed by atoms with Crippen LogP contribution in [0.15, 0.2) is 47.8 Å². The molecule has 1 aliphatic rings. The van der Waals surface area contributed by atoms with Crippen molar-refractivity contribution in [1.82, 2.24) is 15.5 Å². The monoisotopic (exact) mass is 399 g/mol. The third-order valence-electron chi connectivity index (χ3n) is 4.77. The van der Waals surface area contributed by atoms with E-state index in [4.69, 9.17) is 0 Å². The molecule has 1 aromatic carbocycles. The second-order valence-electron chi connectivity index (χ2n) is 6.95. The fraction of sp³-hybridized carbons (Fsp3) is 0.381. The quantitative estimate of drug-likeness (QED) is 0.716. The fourth-order valence-corrected chi connectivity index (χ4v) is 4.21. The van der Waals surface area contributed by atoms with Crippen molar-refractivity contribution >= 4 is 29.1 Å². The van der Waals surface area contributed by atoms with E-state index in [0.717, 1.165) is 23.4 Å². The van der Waals surface area contributed by atoms with Gasteiger partial charge in [0.15, 0.2) is 0 Å². The van der Waals surface area contributed by atoms with Gasteiger partial charge in [-0.25, -0.2) is 0 Å². The first kappa shape index (κ1) is 20.1. The Morgan fingerprint density at radius 1 is 1.11 bits per heavy atom. The second kappa shape index (κ2) is 9.50. The molecule has 2 N–H and O–H groups in total. The molecule has 1 aromatic heterocycles. The van der Waals surface area contributed by atoms with Crippen LogP contribution in [0.5, 0.6) is 0 Å². The second-order valence-corrected chi connectivity index (χ2v) is 7.93. The normalized spacial score (nSPS) is 15.9. The highest BCUT2D eigenvalue weighted by Gasteiger charge is 2.26. The number of rotatable bonds is 8. The van der Waals surface area contributed by atoms with Crippen molar-refractivity contribution < 1.29 is 14.4 Å². The number of nitrogens with one attached hydrogen (secondary N) is 2. The molecular weight excluding hydrogens is 374 g/mol. The number of thiophene rings is 1. The van der Waals surface area contributed by atoms with Gasteiger partial charge in [-0.1, -0.05) is 36.4 Å². The molecule has 28 heavy (non-hydrogen) atoms. The molecule has 2 heterocycles. The van der Waals surface area contributed by atoms with Crippen molar-refractivity contribution in [2.75, 3.05) is 13.1 Å². The lowest BCUT2D eigenvalue weighted by Gasteiger charge is -2.26. The molecule has 0 spiro atoms. The molecule has 0 bridgehead atoms. The van der Waals surface area contributed by atoms with Gasteiger partial charge in [0.1, 0.15) is 0 Å². The van der Waals surface area contributed by atoms with E-state index in [1.165, 1.54) is 18.3 Å². The lowest BCUT2D eigenvalue weighted by Crippen LogP contribution is -2.40. The van der Waals surface area contributed by atoms with Crippen molar-refractivity contribution in [2.45, 2.75) is 38.3 Å². The minimum absolute atomic E-state index is 0.130. The van der Waals surface area contributed by atoms with Crippen molar-refractivity contribution in [1.29, 1.82) is 0 Å². The molecule has 1 saturated heterocycles. The maximum Gasteiger partial charge on any atom is 0.222 e. The van der Waals surface area contributed by atoms with Gasteiger partial charge < -0.3 is 15.5 Å². The summed E-state index contributed by atoms with van der Waals surface area (Å²) in [7, 11) is 0. The van der Waals surface area contributed by atoms with E-state index >= 15 is 0 Å². The Morgan fingerprint density at radius 2 is 1.89 bits per heavy atom. The SMILES string of the molecule is CC(=O)NC(CC(=O)NC(CN1CCCC1=O)c1ccccc1)c1cccs1. The molecule has 7 heteroatoms. The van der Waals surface area contributed by atoms with E-state index in [1.807, 2.05) is 52.7 Å². The lowest BCUT2D eigenvalue weighted by atomic mass is 10.1. The van der Waals surface area contributed by atoms with Crippen LogP contribution in [0.2, 0.25) is 0 Å². The zero-order valence-corrected chi connectivity index (χ0v) is 16.7. The van der Waals surface area contributed by atoms with Crippen LogP contribution < -0.4 is 10.6 Å². The highest BCUT2D eigenvalue weighted by atomic mass is 32.1. The number of carbonyl (C=O) groups is 3. The average Bonchev–Trinajstić information content (AvgIpc) is 3.33. The lowest BCUT2D eigenvalue weighted by molar-refractivity contribution is -0.129. The first-order valence-electron chi connectivity index (χ1n) is 9.45. The maximum atomic E-state index is 12.8. The van der Waals surface area contributed by atoms with Gasteiger partial charge in [-0.05, 0) is 23.4 Å². The molecule has 3 rings (SSSR count). The Balaban J connectivity index is 1.70. The number of nitrogens with zero attached hydrogens (tertiary/aromatic N) is 1. The Bertz CT molecular complexity index is 808. The standard InChI is InChI=1S/C21H25N3O3S/c1-15(25)22-17(19-9-6-12-28-19)13-20(26)23-18(16-7-3-2-4-8-16)14-24-11-5-10-21(24)27/h2-4,6-9,12,17-18H,5,10-11,13-14H2,1H3,(H,22,25)(H,23,26). The van der Waals surface area contributed by atoms with E-state index in [0.29, 0.717) is 13.0 Å². The van der Waals surface area contributed by atoms with Gasteiger partial charge in [0, 0.05) is 31.3 Å². The van der Waals surface area contributed by atoms with Crippen molar-refractivity contribution in [3.8, 4) is 0 Å². The molecular formula is C21H25N3O3S. The van der Waals surface area contributed by atoms with Crippen LogP contribution in [0.1, 0.15) is 48.7 Å². The van der Waals surface area contributed by atoms with Gasteiger partial charge in [0.05, 0.1) is 18.5 Å². The molecule has 1 aliphatic heterocycles. The van der Waals surface area contributed by atoms with Crippen LogP contribution in [0.3, 0.4) is 0 Å². The first-order valence-corrected chi connectivity index (χ1v) is 10.3. The van der Waals surface area contributed by atoms with E-state index < -0.39 is 0 Å². The van der Waals surface area contributed by atoms with Gasteiger partial charge in [-0.3, -0.25) is 14.4 Å². The number of carbonyl (C=O) groups excluding carboxylic acids is 3. The zero-order valence-electron chi connectivity index (χ0n) is 15.9. The summed E-state index contributed by atoms with van der Waals surface area (Å²) < 4.78 is 0. The van der Waals surface area contributed by atoms with Crippen molar-refractivity contribution in [3.05, 3.63) is 58.3 Å². The van der Waals surface area contributed by atoms with Crippen molar-refractivity contribution in [2.24, 2.45) is 0 Å². The molecule has 0 aliphatic carbocycles. The Labute approximate surface area is 168 Å². The molecule has 6 nitrogen and oxygen atoms in total. The molecule has 2 aromatic rings. The largest absolute Gasteiger partial charge is 0.348 e. The summed E-state index contributed by atoms with van der Waals surface area (Å²) in [4.78, 5) is 39.2. The topological polar surface area (TPSA) is 78.5 Å². The van der Waals surface area contributed by atoms with Crippen LogP contribution in [0.25, 0.3) is 0 Å². The van der Waals surface area contributed by atoms with Gasteiger partial charge in [-0.2, -0.15) is 0 Å². The summed E-state index contributed by atoms with van der Waals surface area (Å²) in [6.45, 7) is 2.63. The molecule has 148 valence electrons. The van der Waals surface area contributed by atoms with E-state index in [-0.39, 0.29) is 36.2 Å². The Morgan fingerprint density at radius 3 is 2.50 bits per heavy atom. The number of benzene rings is 1. The molecule has 1 fully saturated rings. The maximum absolute atomic E-state index is 12.8. The Hall–Kier alpha value is -2.67. The van der Waals surface area contributed by atoms with Crippen LogP contribution in [-0.4, -0.2) is 35.7 Å². The zero-order chi connectivity index (χ0) is 19.9. The van der Waals surface area contributed by atoms with Gasteiger partial charge >= 0.3 is 0 Å². The van der Waals surface area contributed by atoms with E-state index in [9.17, 15) is 14.4 Å². The fourth-order valence-electron chi connectivity index (χ4n) is 3.43. The average molecular weight is 400 g/mol. The summed E-state index contributed by atoms with van der Waals surface area (Å²) in [5.74, 6) is -0.203. The summed E-state index contributed by atoms with van der Waals surface area (Å²) >= 11 is 1.51. The smallest absolute Gasteiger partial charge is 0.222 e. The van der Waals surface area contributed by atoms with E-state index in [1.54, 1.807) is 0 Å². The molecule has 0 radical (unpaired) electrons. The summed E-state index contributed by atoms with van der Waals surface area (Å²) in [5, 5.41) is 7.84. The van der Waals surface area contributed by atoms with Crippen LogP contribution >= 0.6 is 11.3 Å². The molecule has 0 saturated carbocycles. The molecule has 2 unspecified atom stereocenters. The van der Waals surface area contributed by atoms with Gasteiger partial charge in [0.25, 0.3) is 0 Å². The van der Waals surface area contributed by atoms with Crippen LogP contribution in [0.4, 0.5) is 0 Å². The first-order chi connectivity index (χ1) is 13.5. The van der Waals surface area contributed by atoms with E-state index in [2.05, 4.69) is 10.6 Å². The number of amides is 3. The number of hydrogen-bond donors (Lipinski definition) is 2. The predicted molar refractivity (Wildman–Crippen MR) is 109 cm³/mol. The minimum Gasteiger partial charge on any atom is -0.348 e. The number of hydrogen-bond acceptors (Lipinski definition) is 4. The Kier molecular flexibility index (Phi) is 6.81. The van der Waals surface area contributed by atoms with Gasteiger partial charge in [0.2, 0.25) is 17.7 Å². The minimum atomic E-state index is -0.359. The van der Waals surface area contributed by atoms with Gasteiger partial charge in [-0.15, -0.1) is 11.3 Å². The third kappa shape index (κ3) is 5.42. The van der Waals surface area contributed by atoms with Crippen LogP contribution in [0, 0.1) is 0 Å². The number of likely N-dealkylation sites (tertiary alicyclic amines) is 1. The van der Waals surface area contributed by atoms with Crippen molar-refractivity contribution in [3.63, 3.8) is 0 Å². The third-order valence-corrected chi connectivity index (χ3v) is 5.75.